The van der Waals surface area contributed by atoms with Gasteiger partial charge in [0.25, 0.3) is 0 Å². The van der Waals surface area contributed by atoms with Crippen LogP contribution in [0.15, 0.2) is 41.6 Å². The molecule has 0 bridgehead atoms. The number of ether oxygens (including phenoxy) is 1. The van der Waals surface area contributed by atoms with Crippen molar-refractivity contribution in [3.05, 3.63) is 48.0 Å². The van der Waals surface area contributed by atoms with E-state index in [4.69, 9.17) is 9.84 Å². The molecule has 3 rings (SSSR count). The number of aromatic nitrogens is 2. The van der Waals surface area contributed by atoms with Crippen molar-refractivity contribution in [3.8, 4) is 6.01 Å². The number of carbonyl (C=O) groups is 1. The lowest BCUT2D eigenvalue weighted by Gasteiger charge is -2.31. The van der Waals surface area contributed by atoms with E-state index in [1.54, 1.807) is 6.07 Å². The molecular formula is C16H16FN3O5S. The molecule has 2 heterocycles. The van der Waals surface area contributed by atoms with Crippen molar-refractivity contribution in [2.75, 3.05) is 13.1 Å². The highest BCUT2D eigenvalue weighted by molar-refractivity contribution is 7.89. The van der Waals surface area contributed by atoms with E-state index in [2.05, 4.69) is 9.97 Å². The smallest absolute Gasteiger partial charge is 0.338 e. The number of carboxylic acid groups (broad SMARTS) is 1. The van der Waals surface area contributed by atoms with Crippen molar-refractivity contribution in [1.29, 1.82) is 0 Å². The monoisotopic (exact) mass is 381 g/mol. The number of piperidine rings is 1. The molecule has 1 aliphatic heterocycles. The van der Waals surface area contributed by atoms with Crippen molar-refractivity contribution in [2.24, 2.45) is 0 Å². The summed E-state index contributed by atoms with van der Waals surface area (Å²) in [4.78, 5) is 18.7. The number of halogens is 1. The number of nitrogens with zero attached hydrogens (tertiary/aromatic N) is 3. The highest BCUT2D eigenvalue weighted by Crippen LogP contribution is 2.24. The van der Waals surface area contributed by atoms with Crippen molar-refractivity contribution in [2.45, 2.75) is 23.8 Å². The maximum atomic E-state index is 13.5. The molecule has 2 aromatic rings. The minimum absolute atomic E-state index is 0.0698. The molecule has 0 aliphatic carbocycles. The van der Waals surface area contributed by atoms with Crippen molar-refractivity contribution >= 4 is 16.0 Å². The van der Waals surface area contributed by atoms with Gasteiger partial charge in [-0.15, -0.1) is 0 Å². The zero-order chi connectivity index (χ0) is 18.7. The van der Waals surface area contributed by atoms with E-state index >= 15 is 0 Å². The summed E-state index contributed by atoms with van der Waals surface area (Å²) in [5.74, 6) is -2.52. The zero-order valence-electron chi connectivity index (χ0n) is 13.6. The first-order valence-electron chi connectivity index (χ1n) is 7.84. The second-order valence-corrected chi connectivity index (χ2v) is 7.66. The third-order valence-electron chi connectivity index (χ3n) is 3.96. The number of hydrogen-bond acceptors (Lipinski definition) is 6. The van der Waals surface area contributed by atoms with Crippen LogP contribution >= 0.6 is 0 Å². The van der Waals surface area contributed by atoms with E-state index in [0.29, 0.717) is 12.8 Å². The standard InChI is InChI=1S/C16H16FN3O5S/c17-14-5-4-12(9-13(14)15(21)22)26(23,24)20-8-1-3-11(10-20)25-16-18-6-2-7-19-16/h2,4-7,9,11H,1,3,8,10H2,(H,21,22)/t11-/m0/s1. The lowest BCUT2D eigenvalue weighted by Crippen LogP contribution is -2.44. The maximum Gasteiger partial charge on any atom is 0.338 e. The molecule has 1 aromatic carbocycles. The van der Waals surface area contributed by atoms with Crippen LogP contribution < -0.4 is 4.74 Å². The van der Waals surface area contributed by atoms with Crippen LogP contribution in [-0.2, 0) is 10.0 Å². The van der Waals surface area contributed by atoms with E-state index in [1.807, 2.05) is 0 Å². The quantitative estimate of drug-likeness (QED) is 0.837. The summed E-state index contributed by atoms with van der Waals surface area (Å²) in [7, 11) is -3.98. The zero-order valence-corrected chi connectivity index (χ0v) is 14.4. The fraction of sp³-hybridized carbons (Fsp3) is 0.312. The van der Waals surface area contributed by atoms with Crippen molar-refractivity contribution in [3.63, 3.8) is 0 Å². The number of aromatic carboxylic acids is 1. The third-order valence-corrected chi connectivity index (χ3v) is 5.82. The number of benzene rings is 1. The van der Waals surface area contributed by atoms with Crippen molar-refractivity contribution in [1.82, 2.24) is 14.3 Å². The van der Waals surface area contributed by atoms with Crippen LogP contribution in [0.4, 0.5) is 4.39 Å². The molecule has 1 N–H and O–H groups in total. The molecule has 10 heteroatoms. The maximum absolute atomic E-state index is 13.5. The summed E-state index contributed by atoms with van der Waals surface area (Å²) in [6.07, 6.45) is 3.80. The highest BCUT2D eigenvalue weighted by Gasteiger charge is 2.32. The van der Waals surface area contributed by atoms with Gasteiger partial charge in [0.15, 0.2) is 0 Å². The summed E-state index contributed by atoms with van der Waals surface area (Å²) in [6, 6.07) is 4.52. The van der Waals surface area contributed by atoms with Crippen LogP contribution in [-0.4, -0.2) is 53.0 Å². The summed E-state index contributed by atoms with van der Waals surface area (Å²) < 4.78 is 45.9. The van der Waals surface area contributed by atoms with E-state index in [-0.39, 0.29) is 24.0 Å². The molecule has 1 atom stereocenters. The lowest BCUT2D eigenvalue weighted by atomic mass is 10.1. The average molecular weight is 381 g/mol. The second kappa shape index (κ2) is 7.34. The molecule has 8 nitrogen and oxygen atoms in total. The summed E-state index contributed by atoms with van der Waals surface area (Å²) in [5.41, 5.74) is -0.687. The van der Waals surface area contributed by atoms with Crippen LogP contribution in [0.1, 0.15) is 23.2 Å². The van der Waals surface area contributed by atoms with Crippen LogP contribution in [0.3, 0.4) is 0 Å². The first-order valence-corrected chi connectivity index (χ1v) is 9.28. The van der Waals surface area contributed by atoms with Gasteiger partial charge in [-0.1, -0.05) is 0 Å². The Morgan fingerprint density at radius 3 is 2.73 bits per heavy atom. The largest absolute Gasteiger partial charge is 0.478 e. The van der Waals surface area contributed by atoms with E-state index in [1.165, 1.54) is 16.7 Å². The normalized spacial score (nSPS) is 18.4. The number of sulfonamides is 1. The molecular weight excluding hydrogens is 365 g/mol. The Bertz CT molecular complexity index is 907. The lowest BCUT2D eigenvalue weighted by molar-refractivity contribution is 0.0691. The van der Waals surface area contributed by atoms with Gasteiger partial charge >= 0.3 is 12.0 Å². The molecule has 1 aromatic heterocycles. The first kappa shape index (κ1) is 18.2. The molecule has 26 heavy (non-hydrogen) atoms. The molecule has 138 valence electrons. The predicted molar refractivity (Wildman–Crippen MR) is 87.8 cm³/mol. The van der Waals surface area contributed by atoms with Gasteiger partial charge in [0, 0.05) is 18.9 Å². The van der Waals surface area contributed by atoms with Gasteiger partial charge < -0.3 is 9.84 Å². The van der Waals surface area contributed by atoms with E-state index in [0.717, 1.165) is 18.2 Å². The highest BCUT2D eigenvalue weighted by atomic mass is 32.2. The summed E-state index contributed by atoms with van der Waals surface area (Å²) in [5, 5.41) is 8.99. The van der Waals surface area contributed by atoms with Gasteiger partial charge in [-0.05, 0) is 37.1 Å². The molecule has 0 amide bonds. The second-order valence-electron chi connectivity index (χ2n) is 5.72. The molecule has 0 spiro atoms. The molecule has 1 saturated heterocycles. The first-order chi connectivity index (χ1) is 12.4. The van der Waals surface area contributed by atoms with Crippen LogP contribution in [0.2, 0.25) is 0 Å². The van der Waals surface area contributed by atoms with E-state index < -0.39 is 33.5 Å². The van der Waals surface area contributed by atoms with Crippen molar-refractivity contribution < 1.29 is 27.4 Å². The third kappa shape index (κ3) is 3.81. The van der Waals surface area contributed by atoms with Crippen LogP contribution in [0.5, 0.6) is 6.01 Å². The van der Waals surface area contributed by atoms with Gasteiger partial charge in [-0.25, -0.2) is 27.6 Å². The Kier molecular flexibility index (Phi) is 5.14. The van der Waals surface area contributed by atoms with Crippen LogP contribution in [0.25, 0.3) is 0 Å². The minimum Gasteiger partial charge on any atom is -0.478 e. The average Bonchev–Trinajstić information content (AvgIpc) is 2.63. The molecule has 1 fully saturated rings. The van der Waals surface area contributed by atoms with Crippen LogP contribution in [0, 0.1) is 5.82 Å². The van der Waals surface area contributed by atoms with E-state index in [9.17, 15) is 17.6 Å². The number of hydrogen-bond donors (Lipinski definition) is 1. The Morgan fingerprint density at radius 2 is 2.04 bits per heavy atom. The van der Waals surface area contributed by atoms with Gasteiger partial charge in [0.2, 0.25) is 10.0 Å². The van der Waals surface area contributed by atoms with Gasteiger partial charge in [0.05, 0.1) is 17.0 Å². The Balaban J connectivity index is 1.81. The predicted octanol–water partition coefficient (Wildman–Crippen LogP) is 1.55. The Morgan fingerprint density at radius 1 is 1.31 bits per heavy atom. The SMILES string of the molecule is O=C(O)c1cc(S(=O)(=O)N2CCC[C@H](Oc3ncccn3)C2)ccc1F. The van der Waals surface area contributed by atoms with Gasteiger partial charge in [-0.2, -0.15) is 4.31 Å². The summed E-state index contributed by atoms with van der Waals surface area (Å²) in [6.45, 7) is 0.331. The summed E-state index contributed by atoms with van der Waals surface area (Å²) >= 11 is 0. The number of rotatable bonds is 5. The topological polar surface area (TPSA) is 110 Å². The Labute approximate surface area is 149 Å². The Hall–Kier alpha value is -2.59. The fourth-order valence-corrected chi connectivity index (χ4v) is 4.23. The molecule has 0 unspecified atom stereocenters. The molecule has 0 saturated carbocycles. The van der Waals surface area contributed by atoms with Gasteiger partial charge in [0.1, 0.15) is 11.9 Å². The minimum atomic E-state index is -3.98. The fourth-order valence-electron chi connectivity index (χ4n) is 2.69. The molecule has 1 aliphatic rings. The van der Waals surface area contributed by atoms with Gasteiger partial charge in [-0.3, -0.25) is 0 Å². The number of carboxylic acids is 1. The molecule has 0 radical (unpaired) electrons.